The zero-order valence-corrected chi connectivity index (χ0v) is 10.6. The van der Waals surface area contributed by atoms with Crippen LogP contribution in [0, 0.1) is 5.41 Å². The molecule has 1 heteroatoms. The number of rotatable bonds is 6. The Hall–Kier alpha value is 0.290. The Morgan fingerprint density at radius 1 is 1.21 bits per heavy atom. The summed E-state index contributed by atoms with van der Waals surface area (Å²) in [4.78, 5) is 0. The molecule has 1 rings (SSSR count). The number of hydrogen-bond acceptors (Lipinski definition) is 0. The zero-order chi connectivity index (χ0) is 10.4. The first-order chi connectivity index (χ1) is 6.66. The molecule has 0 bridgehead atoms. The average Bonchev–Trinajstić information content (AvgIpc) is 2.47. The van der Waals surface area contributed by atoms with Crippen molar-refractivity contribution in [2.24, 2.45) is 5.41 Å². The first-order valence-corrected chi connectivity index (χ1v) is 6.74. The van der Waals surface area contributed by atoms with Gasteiger partial charge in [0.2, 0.25) is 0 Å². The maximum Gasteiger partial charge on any atom is 0.0341 e. The lowest BCUT2D eigenvalue weighted by atomic mass is 9.83. The molecule has 1 saturated carbocycles. The normalized spacial score (nSPS) is 32.4. The first kappa shape index (κ1) is 12.4. The summed E-state index contributed by atoms with van der Waals surface area (Å²) >= 11 is 6.16. The van der Waals surface area contributed by atoms with Crippen LogP contribution in [0.3, 0.4) is 0 Å². The molecule has 0 amide bonds. The average molecular weight is 217 g/mol. The van der Waals surface area contributed by atoms with Gasteiger partial charge in [0.05, 0.1) is 0 Å². The van der Waals surface area contributed by atoms with E-state index in [4.69, 9.17) is 11.6 Å². The largest absolute Gasteiger partial charge is 0.123 e. The molecule has 1 aliphatic carbocycles. The predicted molar refractivity (Wildman–Crippen MR) is 65.0 cm³/mol. The minimum Gasteiger partial charge on any atom is -0.123 e. The molecule has 0 aromatic carbocycles. The van der Waals surface area contributed by atoms with E-state index < -0.39 is 0 Å². The van der Waals surface area contributed by atoms with E-state index in [0.717, 1.165) is 0 Å². The summed E-state index contributed by atoms with van der Waals surface area (Å²) < 4.78 is 0. The first-order valence-electron chi connectivity index (χ1n) is 6.30. The third kappa shape index (κ3) is 4.21. The quantitative estimate of drug-likeness (QED) is 0.426. The van der Waals surface area contributed by atoms with E-state index in [2.05, 4.69) is 13.8 Å². The number of unbranched alkanes of at least 4 members (excludes halogenated alkanes) is 4. The summed E-state index contributed by atoms with van der Waals surface area (Å²) in [7, 11) is 0. The van der Waals surface area contributed by atoms with Crippen LogP contribution in [0.25, 0.3) is 0 Å². The van der Waals surface area contributed by atoms with Crippen LogP contribution in [-0.4, -0.2) is 5.38 Å². The molecule has 2 atom stereocenters. The molecule has 0 aromatic heterocycles. The summed E-state index contributed by atoms with van der Waals surface area (Å²) in [5.41, 5.74) is 0.582. The fourth-order valence-electron chi connectivity index (χ4n) is 2.63. The Kier molecular flexibility index (Phi) is 5.30. The second kappa shape index (κ2) is 6.00. The van der Waals surface area contributed by atoms with Gasteiger partial charge >= 0.3 is 0 Å². The van der Waals surface area contributed by atoms with E-state index >= 15 is 0 Å². The molecule has 0 heterocycles. The van der Waals surface area contributed by atoms with Gasteiger partial charge in [0.1, 0.15) is 0 Å². The summed E-state index contributed by atoms with van der Waals surface area (Å²) in [6.07, 6.45) is 12.3. The van der Waals surface area contributed by atoms with Crippen LogP contribution < -0.4 is 0 Å². The maximum atomic E-state index is 6.16. The van der Waals surface area contributed by atoms with E-state index in [9.17, 15) is 0 Å². The fourth-order valence-corrected chi connectivity index (χ4v) is 3.11. The van der Waals surface area contributed by atoms with Crippen LogP contribution in [0.5, 0.6) is 0 Å². The highest BCUT2D eigenvalue weighted by Crippen LogP contribution is 2.43. The standard InChI is InChI=1S/C13H25Cl/c1-3-4-5-6-7-9-13(2)10-8-12(14)11-13/h12H,3-11H2,1-2H3. The zero-order valence-electron chi connectivity index (χ0n) is 9.82. The highest BCUT2D eigenvalue weighted by molar-refractivity contribution is 6.20. The molecule has 84 valence electrons. The smallest absolute Gasteiger partial charge is 0.0341 e. The second-order valence-corrected chi connectivity index (χ2v) is 5.93. The van der Waals surface area contributed by atoms with E-state index in [1.165, 1.54) is 57.8 Å². The molecule has 0 aliphatic heterocycles. The highest BCUT2D eigenvalue weighted by atomic mass is 35.5. The Labute approximate surface area is 94.4 Å². The summed E-state index contributed by atoms with van der Waals surface area (Å²) in [6.45, 7) is 4.70. The molecular formula is C13H25Cl. The van der Waals surface area contributed by atoms with Crippen LogP contribution in [0.15, 0.2) is 0 Å². The van der Waals surface area contributed by atoms with Crippen molar-refractivity contribution in [3.8, 4) is 0 Å². The van der Waals surface area contributed by atoms with Crippen molar-refractivity contribution in [2.45, 2.75) is 77.0 Å². The highest BCUT2D eigenvalue weighted by Gasteiger charge is 2.33. The second-order valence-electron chi connectivity index (χ2n) is 5.31. The molecule has 0 nitrogen and oxygen atoms in total. The molecule has 0 saturated heterocycles. The minimum atomic E-state index is 0.468. The van der Waals surface area contributed by atoms with Crippen molar-refractivity contribution in [3.63, 3.8) is 0 Å². The molecule has 1 fully saturated rings. The molecule has 1 aliphatic rings. The minimum absolute atomic E-state index is 0.468. The van der Waals surface area contributed by atoms with Crippen LogP contribution in [-0.2, 0) is 0 Å². The summed E-state index contributed by atoms with van der Waals surface area (Å²) in [5, 5.41) is 0.468. The van der Waals surface area contributed by atoms with E-state index in [1.54, 1.807) is 0 Å². The third-order valence-electron chi connectivity index (χ3n) is 3.66. The van der Waals surface area contributed by atoms with Crippen molar-refractivity contribution in [1.29, 1.82) is 0 Å². The SMILES string of the molecule is CCCCCCCC1(C)CCC(Cl)C1. The lowest BCUT2D eigenvalue weighted by Crippen LogP contribution is -2.11. The third-order valence-corrected chi connectivity index (χ3v) is 4.03. The predicted octanol–water partition coefficient (Wildman–Crippen LogP) is 5.14. The van der Waals surface area contributed by atoms with Crippen molar-refractivity contribution in [1.82, 2.24) is 0 Å². The topological polar surface area (TPSA) is 0 Å². The Morgan fingerprint density at radius 2 is 1.93 bits per heavy atom. The Morgan fingerprint density at radius 3 is 2.50 bits per heavy atom. The van der Waals surface area contributed by atoms with Crippen LogP contribution in [0.1, 0.15) is 71.6 Å². The van der Waals surface area contributed by atoms with E-state index in [0.29, 0.717) is 10.8 Å². The molecule has 2 unspecified atom stereocenters. The van der Waals surface area contributed by atoms with Gasteiger partial charge in [-0.2, -0.15) is 0 Å². The molecule has 14 heavy (non-hydrogen) atoms. The monoisotopic (exact) mass is 216 g/mol. The van der Waals surface area contributed by atoms with Gasteiger partial charge in [-0.15, -0.1) is 11.6 Å². The van der Waals surface area contributed by atoms with E-state index in [1.807, 2.05) is 0 Å². The van der Waals surface area contributed by atoms with Crippen molar-refractivity contribution in [3.05, 3.63) is 0 Å². The van der Waals surface area contributed by atoms with Gasteiger partial charge in [0.15, 0.2) is 0 Å². The van der Waals surface area contributed by atoms with Crippen LogP contribution >= 0.6 is 11.6 Å². The van der Waals surface area contributed by atoms with Crippen molar-refractivity contribution in [2.75, 3.05) is 0 Å². The molecule has 0 N–H and O–H groups in total. The summed E-state index contributed by atoms with van der Waals surface area (Å²) in [6, 6.07) is 0. The van der Waals surface area contributed by atoms with Crippen LogP contribution in [0.4, 0.5) is 0 Å². The van der Waals surface area contributed by atoms with Crippen LogP contribution in [0.2, 0.25) is 0 Å². The van der Waals surface area contributed by atoms with Gasteiger partial charge in [-0.25, -0.2) is 0 Å². The lowest BCUT2D eigenvalue weighted by Gasteiger charge is -2.23. The number of hydrogen-bond donors (Lipinski definition) is 0. The van der Waals surface area contributed by atoms with Crippen molar-refractivity contribution >= 4 is 11.6 Å². The maximum absolute atomic E-state index is 6.16. The molecule has 0 radical (unpaired) electrons. The Bertz CT molecular complexity index is 155. The van der Waals surface area contributed by atoms with Gasteiger partial charge in [0.25, 0.3) is 0 Å². The van der Waals surface area contributed by atoms with E-state index in [-0.39, 0.29) is 0 Å². The molecule has 0 aromatic rings. The van der Waals surface area contributed by atoms with Crippen molar-refractivity contribution < 1.29 is 0 Å². The fraction of sp³-hybridized carbons (Fsp3) is 1.00. The molecular weight excluding hydrogens is 192 g/mol. The Balaban J connectivity index is 2.05. The molecule has 0 spiro atoms. The van der Waals surface area contributed by atoms with Gasteiger partial charge in [-0.3, -0.25) is 0 Å². The van der Waals surface area contributed by atoms with Gasteiger partial charge < -0.3 is 0 Å². The lowest BCUT2D eigenvalue weighted by molar-refractivity contribution is 0.295. The van der Waals surface area contributed by atoms with Gasteiger partial charge in [-0.1, -0.05) is 46.0 Å². The van der Waals surface area contributed by atoms with Gasteiger partial charge in [0, 0.05) is 5.38 Å². The number of alkyl halides is 1. The van der Waals surface area contributed by atoms with Gasteiger partial charge in [-0.05, 0) is 31.1 Å². The summed E-state index contributed by atoms with van der Waals surface area (Å²) in [5.74, 6) is 0. The number of halogens is 1.